The fourth-order valence-corrected chi connectivity index (χ4v) is 2.12. The Hall–Kier alpha value is -1.66. The SMILES string of the molecule is CC(C)n1cc(-c2ccc(S(N)(=O)=O)cc2)cn1. The maximum atomic E-state index is 11.1. The second-order valence-electron chi connectivity index (χ2n) is 4.37. The van der Waals surface area contributed by atoms with Gasteiger partial charge in [-0.2, -0.15) is 5.10 Å². The molecule has 1 aromatic carbocycles. The first-order valence-corrected chi connectivity index (χ1v) is 7.10. The molecule has 18 heavy (non-hydrogen) atoms. The highest BCUT2D eigenvalue weighted by atomic mass is 32.2. The van der Waals surface area contributed by atoms with Crippen molar-refractivity contribution in [2.24, 2.45) is 5.14 Å². The number of nitrogens with zero attached hydrogens (tertiary/aromatic N) is 2. The third kappa shape index (κ3) is 2.60. The van der Waals surface area contributed by atoms with Gasteiger partial charge < -0.3 is 0 Å². The van der Waals surface area contributed by atoms with Crippen LogP contribution in [0.4, 0.5) is 0 Å². The van der Waals surface area contributed by atoms with E-state index >= 15 is 0 Å². The molecule has 0 aliphatic heterocycles. The Kier molecular flexibility index (Phi) is 3.23. The minimum atomic E-state index is -3.63. The van der Waals surface area contributed by atoms with Gasteiger partial charge in [0.2, 0.25) is 10.0 Å². The molecule has 0 bridgehead atoms. The maximum Gasteiger partial charge on any atom is 0.238 e. The molecule has 1 aromatic heterocycles. The molecule has 0 saturated carbocycles. The zero-order chi connectivity index (χ0) is 13.3. The van der Waals surface area contributed by atoms with Crippen molar-refractivity contribution in [2.75, 3.05) is 0 Å². The average molecular weight is 265 g/mol. The smallest absolute Gasteiger partial charge is 0.238 e. The van der Waals surface area contributed by atoms with Crippen molar-refractivity contribution in [3.05, 3.63) is 36.7 Å². The highest BCUT2D eigenvalue weighted by Crippen LogP contribution is 2.21. The van der Waals surface area contributed by atoms with Gasteiger partial charge in [-0.05, 0) is 31.5 Å². The number of sulfonamides is 1. The monoisotopic (exact) mass is 265 g/mol. The van der Waals surface area contributed by atoms with E-state index in [1.165, 1.54) is 12.1 Å². The molecule has 2 N–H and O–H groups in total. The largest absolute Gasteiger partial charge is 0.270 e. The van der Waals surface area contributed by atoms with E-state index in [2.05, 4.69) is 5.10 Å². The van der Waals surface area contributed by atoms with Gasteiger partial charge in [-0.1, -0.05) is 12.1 Å². The Labute approximate surface area is 106 Å². The Balaban J connectivity index is 2.34. The van der Waals surface area contributed by atoms with Gasteiger partial charge in [-0.25, -0.2) is 13.6 Å². The highest BCUT2D eigenvalue weighted by Gasteiger charge is 2.08. The number of benzene rings is 1. The summed E-state index contributed by atoms with van der Waals surface area (Å²) in [5.74, 6) is 0. The van der Waals surface area contributed by atoms with Gasteiger partial charge in [0.1, 0.15) is 0 Å². The van der Waals surface area contributed by atoms with Gasteiger partial charge in [0.05, 0.1) is 11.1 Å². The molecule has 0 fully saturated rings. The van der Waals surface area contributed by atoms with Crippen LogP contribution < -0.4 is 5.14 Å². The highest BCUT2D eigenvalue weighted by molar-refractivity contribution is 7.89. The molecular formula is C12H15N3O2S. The van der Waals surface area contributed by atoms with Crippen LogP contribution in [0.3, 0.4) is 0 Å². The molecule has 0 spiro atoms. The number of nitrogens with two attached hydrogens (primary N) is 1. The van der Waals surface area contributed by atoms with E-state index in [1.54, 1.807) is 18.3 Å². The zero-order valence-corrected chi connectivity index (χ0v) is 11.1. The summed E-state index contributed by atoms with van der Waals surface area (Å²) in [6.07, 6.45) is 3.68. The molecule has 0 atom stereocenters. The number of hydrogen-bond donors (Lipinski definition) is 1. The Morgan fingerprint density at radius 1 is 1.17 bits per heavy atom. The second kappa shape index (κ2) is 4.55. The van der Waals surface area contributed by atoms with Crippen LogP contribution in [0, 0.1) is 0 Å². The first-order chi connectivity index (χ1) is 8.38. The van der Waals surface area contributed by atoms with Crippen LogP contribution in [0.15, 0.2) is 41.6 Å². The van der Waals surface area contributed by atoms with E-state index in [9.17, 15) is 8.42 Å². The lowest BCUT2D eigenvalue weighted by atomic mass is 10.1. The van der Waals surface area contributed by atoms with Crippen molar-refractivity contribution in [1.29, 1.82) is 0 Å². The fraction of sp³-hybridized carbons (Fsp3) is 0.250. The molecule has 0 amide bonds. The molecule has 1 heterocycles. The van der Waals surface area contributed by atoms with E-state index < -0.39 is 10.0 Å². The summed E-state index contributed by atoms with van der Waals surface area (Å²) in [6, 6.07) is 6.74. The van der Waals surface area contributed by atoms with E-state index in [1.807, 2.05) is 24.7 Å². The lowest BCUT2D eigenvalue weighted by Gasteiger charge is -2.03. The summed E-state index contributed by atoms with van der Waals surface area (Å²) in [4.78, 5) is 0.113. The van der Waals surface area contributed by atoms with Gasteiger partial charge in [0, 0.05) is 17.8 Å². The topological polar surface area (TPSA) is 78.0 Å². The van der Waals surface area contributed by atoms with Crippen molar-refractivity contribution in [3.8, 4) is 11.1 Å². The molecule has 96 valence electrons. The van der Waals surface area contributed by atoms with Crippen molar-refractivity contribution in [2.45, 2.75) is 24.8 Å². The van der Waals surface area contributed by atoms with Crippen molar-refractivity contribution < 1.29 is 8.42 Å². The minimum absolute atomic E-state index is 0.113. The molecule has 5 nitrogen and oxygen atoms in total. The summed E-state index contributed by atoms with van der Waals surface area (Å²) < 4.78 is 24.1. The third-order valence-electron chi connectivity index (χ3n) is 2.65. The van der Waals surface area contributed by atoms with Crippen LogP contribution in [0.1, 0.15) is 19.9 Å². The van der Waals surface area contributed by atoms with Crippen molar-refractivity contribution >= 4 is 10.0 Å². The number of primary sulfonamides is 1. The quantitative estimate of drug-likeness (QED) is 0.918. The van der Waals surface area contributed by atoms with Crippen LogP contribution >= 0.6 is 0 Å². The molecule has 2 rings (SSSR count). The summed E-state index contributed by atoms with van der Waals surface area (Å²) in [5.41, 5.74) is 1.86. The standard InChI is InChI=1S/C12H15N3O2S/c1-9(2)15-8-11(7-14-15)10-3-5-12(6-4-10)18(13,16)17/h3-9H,1-2H3,(H2,13,16,17). The van der Waals surface area contributed by atoms with Crippen LogP contribution in [-0.4, -0.2) is 18.2 Å². The lowest BCUT2D eigenvalue weighted by Crippen LogP contribution is -2.11. The van der Waals surface area contributed by atoms with Crippen LogP contribution in [0.5, 0.6) is 0 Å². The molecule has 0 unspecified atom stereocenters. The van der Waals surface area contributed by atoms with E-state index in [4.69, 9.17) is 5.14 Å². The Bertz CT molecular complexity index is 642. The fourth-order valence-electron chi connectivity index (χ4n) is 1.61. The second-order valence-corrected chi connectivity index (χ2v) is 5.93. The molecule has 0 radical (unpaired) electrons. The van der Waals surface area contributed by atoms with E-state index in [0.29, 0.717) is 6.04 Å². The van der Waals surface area contributed by atoms with Gasteiger partial charge in [-0.15, -0.1) is 0 Å². The molecule has 6 heteroatoms. The van der Waals surface area contributed by atoms with Crippen molar-refractivity contribution in [1.82, 2.24) is 9.78 Å². The van der Waals surface area contributed by atoms with Crippen LogP contribution in [-0.2, 0) is 10.0 Å². The van der Waals surface area contributed by atoms with E-state index in [0.717, 1.165) is 11.1 Å². The number of hydrogen-bond acceptors (Lipinski definition) is 3. The molecule has 2 aromatic rings. The van der Waals surface area contributed by atoms with E-state index in [-0.39, 0.29) is 4.90 Å². The first kappa shape index (κ1) is 12.8. The Morgan fingerprint density at radius 3 is 2.22 bits per heavy atom. The predicted octanol–water partition coefficient (Wildman–Crippen LogP) is 1.78. The Morgan fingerprint density at radius 2 is 1.78 bits per heavy atom. The normalized spacial score (nSPS) is 12.0. The van der Waals surface area contributed by atoms with Gasteiger partial charge in [-0.3, -0.25) is 4.68 Å². The summed E-state index contributed by atoms with van der Waals surface area (Å²) in [7, 11) is -3.63. The van der Waals surface area contributed by atoms with Gasteiger partial charge >= 0.3 is 0 Å². The summed E-state index contributed by atoms with van der Waals surface area (Å²) in [6.45, 7) is 4.09. The van der Waals surface area contributed by atoms with Crippen LogP contribution in [0.25, 0.3) is 11.1 Å². The molecular weight excluding hydrogens is 250 g/mol. The van der Waals surface area contributed by atoms with Gasteiger partial charge in [0.15, 0.2) is 0 Å². The van der Waals surface area contributed by atoms with Crippen molar-refractivity contribution in [3.63, 3.8) is 0 Å². The summed E-state index contributed by atoms with van der Waals surface area (Å²) >= 11 is 0. The number of rotatable bonds is 3. The lowest BCUT2D eigenvalue weighted by molar-refractivity contribution is 0.532. The number of aromatic nitrogens is 2. The van der Waals surface area contributed by atoms with Crippen LogP contribution in [0.2, 0.25) is 0 Å². The first-order valence-electron chi connectivity index (χ1n) is 5.55. The molecule has 0 aliphatic rings. The van der Waals surface area contributed by atoms with Gasteiger partial charge in [0.25, 0.3) is 0 Å². The minimum Gasteiger partial charge on any atom is -0.270 e. The zero-order valence-electron chi connectivity index (χ0n) is 10.2. The molecule has 0 saturated heterocycles. The third-order valence-corrected chi connectivity index (χ3v) is 3.58. The summed E-state index contributed by atoms with van der Waals surface area (Å²) in [5, 5.41) is 9.28. The predicted molar refractivity (Wildman–Crippen MR) is 69.4 cm³/mol. The average Bonchev–Trinajstić information content (AvgIpc) is 2.77. The maximum absolute atomic E-state index is 11.1. The molecule has 0 aliphatic carbocycles.